The fourth-order valence-electron chi connectivity index (χ4n) is 5.16. The Morgan fingerprint density at radius 2 is 1.89 bits per heavy atom. The highest BCUT2D eigenvalue weighted by Crippen LogP contribution is 2.27. The predicted molar refractivity (Wildman–Crippen MR) is 144 cm³/mol. The van der Waals surface area contributed by atoms with Gasteiger partial charge in [-0.2, -0.15) is 0 Å². The molecule has 5 rings (SSSR count). The van der Waals surface area contributed by atoms with Crippen molar-refractivity contribution in [2.24, 2.45) is 0 Å². The van der Waals surface area contributed by atoms with Crippen molar-refractivity contribution in [1.29, 1.82) is 0 Å². The molecule has 8 heteroatoms. The SMILES string of the molecule is CN1CCC(NC(=O)c2ccc(-c3cc(NCCCN4CCCCC4)c4cnccc4n3)cn2)CC1. The molecule has 2 aliphatic heterocycles. The summed E-state index contributed by atoms with van der Waals surface area (Å²) in [4.78, 5) is 31.2. The van der Waals surface area contributed by atoms with Gasteiger partial charge in [0.15, 0.2) is 0 Å². The van der Waals surface area contributed by atoms with E-state index in [1.165, 1.54) is 32.4 Å². The standard InChI is InChI=1S/C28H37N7O/c1-34-16-9-22(10-17-34)32-28(36)25-7-6-21(19-31-25)26-18-27(23-20-29-12-8-24(23)33-26)30-11-5-15-35-13-3-2-4-14-35/h6-8,12,18-20,22H,2-5,9-11,13-17H2,1H3,(H,30,33)(H,32,36). The minimum atomic E-state index is -0.107. The van der Waals surface area contributed by atoms with E-state index >= 15 is 0 Å². The molecule has 8 nitrogen and oxygen atoms in total. The summed E-state index contributed by atoms with van der Waals surface area (Å²) < 4.78 is 0. The molecule has 2 aliphatic rings. The summed E-state index contributed by atoms with van der Waals surface area (Å²) in [5.74, 6) is -0.107. The zero-order valence-electron chi connectivity index (χ0n) is 21.2. The second kappa shape index (κ2) is 11.8. The molecule has 5 heterocycles. The molecular weight excluding hydrogens is 450 g/mol. The molecule has 0 spiro atoms. The van der Waals surface area contributed by atoms with Crippen molar-refractivity contribution < 1.29 is 4.79 Å². The lowest BCUT2D eigenvalue weighted by molar-refractivity contribution is 0.0912. The van der Waals surface area contributed by atoms with E-state index in [9.17, 15) is 4.79 Å². The molecule has 0 unspecified atom stereocenters. The van der Waals surface area contributed by atoms with Crippen LogP contribution in [0.5, 0.6) is 0 Å². The Labute approximate surface area is 213 Å². The third-order valence-electron chi connectivity index (χ3n) is 7.37. The van der Waals surface area contributed by atoms with Gasteiger partial charge in [0.05, 0.1) is 11.2 Å². The van der Waals surface area contributed by atoms with E-state index in [-0.39, 0.29) is 11.9 Å². The molecule has 2 saturated heterocycles. The average Bonchev–Trinajstić information content (AvgIpc) is 2.93. The van der Waals surface area contributed by atoms with Crippen LogP contribution in [0, 0.1) is 0 Å². The van der Waals surface area contributed by atoms with E-state index in [4.69, 9.17) is 4.98 Å². The van der Waals surface area contributed by atoms with Crippen LogP contribution < -0.4 is 10.6 Å². The molecule has 0 aliphatic carbocycles. The summed E-state index contributed by atoms with van der Waals surface area (Å²) in [7, 11) is 2.12. The molecule has 2 fully saturated rings. The van der Waals surface area contributed by atoms with E-state index in [1.807, 2.05) is 18.3 Å². The van der Waals surface area contributed by atoms with Gasteiger partial charge < -0.3 is 20.4 Å². The molecule has 2 N–H and O–H groups in total. The van der Waals surface area contributed by atoms with Crippen LogP contribution in [0.25, 0.3) is 22.2 Å². The maximum Gasteiger partial charge on any atom is 0.270 e. The van der Waals surface area contributed by atoms with Gasteiger partial charge in [-0.05, 0) is 96.1 Å². The van der Waals surface area contributed by atoms with Crippen molar-refractivity contribution in [2.45, 2.75) is 44.6 Å². The first-order chi connectivity index (χ1) is 17.7. The summed E-state index contributed by atoms with van der Waals surface area (Å²) in [6, 6.07) is 7.96. The van der Waals surface area contributed by atoms with Crippen LogP contribution in [0.15, 0.2) is 42.9 Å². The molecule has 190 valence electrons. The van der Waals surface area contributed by atoms with E-state index in [0.717, 1.165) is 73.3 Å². The predicted octanol–water partition coefficient (Wildman–Crippen LogP) is 3.80. The van der Waals surface area contributed by atoms with Gasteiger partial charge in [-0.1, -0.05) is 6.42 Å². The first kappa shape index (κ1) is 24.6. The average molecular weight is 488 g/mol. The maximum absolute atomic E-state index is 12.7. The summed E-state index contributed by atoms with van der Waals surface area (Å²) in [5.41, 5.74) is 4.10. The van der Waals surface area contributed by atoms with E-state index < -0.39 is 0 Å². The van der Waals surface area contributed by atoms with Gasteiger partial charge in [0.2, 0.25) is 0 Å². The third kappa shape index (κ3) is 6.17. The molecule has 3 aromatic rings. The van der Waals surface area contributed by atoms with Gasteiger partial charge >= 0.3 is 0 Å². The van der Waals surface area contributed by atoms with Gasteiger partial charge in [0, 0.05) is 47.8 Å². The summed E-state index contributed by atoms with van der Waals surface area (Å²) in [5, 5.41) is 7.77. The number of hydrogen-bond donors (Lipinski definition) is 2. The van der Waals surface area contributed by atoms with Crippen molar-refractivity contribution in [2.75, 3.05) is 51.6 Å². The fraction of sp³-hybridized carbons (Fsp3) is 0.500. The Kier molecular flexibility index (Phi) is 8.03. The van der Waals surface area contributed by atoms with Crippen molar-refractivity contribution in [3.05, 3.63) is 48.5 Å². The summed E-state index contributed by atoms with van der Waals surface area (Å²) >= 11 is 0. The van der Waals surface area contributed by atoms with Crippen molar-refractivity contribution >= 4 is 22.5 Å². The van der Waals surface area contributed by atoms with Gasteiger partial charge in [0.1, 0.15) is 5.69 Å². The van der Waals surface area contributed by atoms with Crippen molar-refractivity contribution in [1.82, 2.24) is 30.1 Å². The number of rotatable bonds is 8. The van der Waals surface area contributed by atoms with Crippen LogP contribution in [0.3, 0.4) is 0 Å². The highest BCUT2D eigenvalue weighted by Gasteiger charge is 2.20. The van der Waals surface area contributed by atoms with Gasteiger partial charge in [-0.25, -0.2) is 4.98 Å². The topological polar surface area (TPSA) is 86.3 Å². The van der Waals surface area contributed by atoms with Crippen LogP contribution in [-0.4, -0.2) is 83.0 Å². The van der Waals surface area contributed by atoms with Gasteiger partial charge in [-0.15, -0.1) is 0 Å². The molecule has 0 atom stereocenters. The lowest BCUT2D eigenvalue weighted by Gasteiger charge is -2.29. The number of carbonyl (C=O) groups excluding carboxylic acids is 1. The molecular formula is C28H37N7O. The number of fused-ring (bicyclic) bond motifs is 1. The lowest BCUT2D eigenvalue weighted by Crippen LogP contribution is -2.43. The minimum absolute atomic E-state index is 0.107. The highest BCUT2D eigenvalue weighted by atomic mass is 16.1. The zero-order valence-corrected chi connectivity index (χ0v) is 21.2. The molecule has 0 saturated carbocycles. The van der Waals surface area contributed by atoms with Crippen LogP contribution in [0.1, 0.15) is 49.0 Å². The Hall–Kier alpha value is -3.10. The summed E-state index contributed by atoms with van der Waals surface area (Å²) in [6.07, 6.45) is 12.5. The number of pyridine rings is 3. The number of anilines is 1. The van der Waals surface area contributed by atoms with Crippen LogP contribution in [-0.2, 0) is 0 Å². The monoisotopic (exact) mass is 487 g/mol. The van der Waals surface area contributed by atoms with Crippen molar-refractivity contribution in [3.63, 3.8) is 0 Å². The molecule has 36 heavy (non-hydrogen) atoms. The minimum Gasteiger partial charge on any atom is -0.384 e. The first-order valence-corrected chi connectivity index (χ1v) is 13.3. The highest BCUT2D eigenvalue weighted by molar-refractivity contribution is 5.94. The lowest BCUT2D eigenvalue weighted by atomic mass is 10.1. The van der Waals surface area contributed by atoms with Crippen LogP contribution >= 0.6 is 0 Å². The number of likely N-dealkylation sites (tertiary alicyclic amines) is 2. The Morgan fingerprint density at radius 3 is 2.67 bits per heavy atom. The van der Waals surface area contributed by atoms with E-state index in [2.05, 4.69) is 43.5 Å². The number of aromatic nitrogens is 3. The van der Waals surface area contributed by atoms with Gasteiger partial charge in [0.25, 0.3) is 5.91 Å². The Bertz CT molecular complexity index is 1150. The number of hydrogen-bond acceptors (Lipinski definition) is 7. The largest absolute Gasteiger partial charge is 0.384 e. The smallest absolute Gasteiger partial charge is 0.270 e. The quantitative estimate of drug-likeness (QED) is 0.468. The molecule has 0 bridgehead atoms. The number of carbonyl (C=O) groups is 1. The second-order valence-corrected chi connectivity index (χ2v) is 10.1. The number of nitrogens with one attached hydrogen (secondary N) is 2. The number of piperidine rings is 2. The molecule has 3 aromatic heterocycles. The zero-order chi connectivity index (χ0) is 24.7. The van der Waals surface area contributed by atoms with Crippen LogP contribution in [0.4, 0.5) is 5.69 Å². The van der Waals surface area contributed by atoms with E-state index in [0.29, 0.717) is 5.69 Å². The number of amides is 1. The van der Waals surface area contributed by atoms with Crippen molar-refractivity contribution in [3.8, 4) is 11.3 Å². The van der Waals surface area contributed by atoms with Crippen LogP contribution in [0.2, 0.25) is 0 Å². The fourth-order valence-corrected chi connectivity index (χ4v) is 5.16. The third-order valence-corrected chi connectivity index (χ3v) is 7.37. The molecule has 0 aromatic carbocycles. The van der Waals surface area contributed by atoms with Gasteiger partial charge in [-0.3, -0.25) is 14.8 Å². The summed E-state index contributed by atoms with van der Waals surface area (Å²) in [6.45, 7) is 6.51. The Morgan fingerprint density at radius 1 is 1.06 bits per heavy atom. The molecule has 0 radical (unpaired) electrons. The molecule has 1 amide bonds. The first-order valence-electron chi connectivity index (χ1n) is 13.3. The normalized spacial score (nSPS) is 17.8. The number of nitrogens with zero attached hydrogens (tertiary/aromatic N) is 5. The Balaban J connectivity index is 1.26. The second-order valence-electron chi connectivity index (χ2n) is 10.1. The maximum atomic E-state index is 12.7. The van der Waals surface area contributed by atoms with E-state index in [1.54, 1.807) is 18.5 Å².